The number of hydrogen-bond donors (Lipinski definition) is 1. The van der Waals surface area contributed by atoms with Crippen molar-refractivity contribution in [1.82, 2.24) is 9.62 Å². The van der Waals surface area contributed by atoms with Gasteiger partial charge in [0, 0.05) is 30.6 Å². The Labute approximate surface area is 179 Å². The number of nitrogens with one attached hydrogen (secondary N) is 1. The van der Waals surface area contributed by atoms with Crippen LogP contribution >= 0.6 is 0 Å². The summed E-state index contributed by atoms with van der Waals surface area (Å²) < 4.78 is 33.6. The summed E-state index contributed by atoms with van der Waals surface area (Å²) in [6.07, 6.45) is 8.97. The van der Waals surface area contributed by atoms with Crippen LogP contribution in [0.2, 0.25) is 0 Å². The van der Waals surface area contributed by atoms with Gasteiger partial charge in [0.2, 0.25) is 10.0 Å². The summed E-state index contributed by atoms with van der Waals surface area (Å²) in [5.41, 5.74) is 2.07. The van der Waals surface area contributed by atoms with Crippen molar-refractivity contribution in [1.29, 1.82) is 0 Å². The van der Waals surface area contributed by atoms with E-state index in [0.717, 1.165) is 37.7 Å². The molecule has 1 aliphatic carbocycles. The summed E-state index contributed by atoms with van der Waals surface area (Å²) in [7, 11) is -3.51. The number of fused-ring (bicyclic) bond motifs is 1. The second-order valence-corrected chi connectivity index (χ2v) is 10.7. The summed E-state index contributed by atoms with van der Waals surface area (Å²) >= 11 is 0. The van der Waals surface area contributed by atoms with Gasteiger partial charge in [-0.05, 0) is 63.6 Å². The second kappa shape index (κ2) is 8.71. The highest BCUT2D eigenvalue weighted by Crippen LogP contribution is 2.40. The molecule has 0 radical (unpaired) electrons. The van der Waals surface area contributed by atoms with Crippen LogP contribution in [0.4, 0.5) is 0 Å². The molecule has 1 saturated heterocycles. The molecule has 2 heterocycles. The number of carbonyl (C=O) groups is 1. The highest BCUT2D eigenvalue weighted by molar-refractivity contribution is 7.89. The molecule has 0 spiro atoms. The van der Waals surface area contributed by atoms with E-state index < -0.39 is 16.1 Å². The summed E-state index contributed by atoms with van der Waals surface area (Å²) in [6.45, 7) is 5.09. The molecule has 1 fully saturated rings. The zero-order chi connectivity index (χ0) is 21.3. The molecule has 2 aliphatic heterocycles. The van der Waals surface area contributed by atoms with Gasteiger partial charge < -0.3 is 10.1 Å². The van der Waals surface area contributed by atoms with Gasteiger partial charge in [-0.25, -0.2) is 8.42 Å². The SMILES string of the molecule is CC(NC(=O)C1Oc2ccc(S(=O)(=O)N3CCCCC3)cc2C1C)C1=CCCCC1. The molecule has 1 N–H and O–H groups in total. The van der Waals surface area contributed by atoms with Gasteiger partial charge in [0.25, 0.3) is 5.91 Å². The van der Waals surface area contributed by atoms with Crippen LogP contribution in [0, 0.1) is 0 Å². The van der Waals surface area contributed by atoms with Crippen molar-refractivity contribution in [2.24, 2.45) is 0 Å². The minimum atomic E-state index is -3.51. The van der Waals surface area contributed by atoms with E-state index in [2.05, 4.69) is 11.4 Å². The Morgan fingerprint density at radius 1 is 1.17 bits per heavy atom. The van der Waals surface area contributed by atoms with Crippen LogP contribution in [-0.2, 0) is 14.8 Å². The fraction of sp³-hybridized carbons (Fsp3) is 0.609. The van der Waals surface area contributed by atoms with E-state index in [4.69, 9.17) is 4.74 Å². The van der Waals surface area contributed by atoms with Gasteiger partial charge in [-0.15, -0.1) is 0 Å². The maximum Gasteiger partial charge on any atom is 0.262 e. The molecule has 3 atom stereocenters. The molecule has 7 heteroatoms. The van der Waals surface area contributed by atoms with Gasteiger partial charge in [-0.3, -0.25) is 4.79 Å². The summed E-state index contributed by atoms with van der Waals surface area (Å²) in [6, 6.07) is 4.99. The minimum Gasteiger partial charge on any atom is -0.480 e. The zero-order valence-electron chi connectivity index (χ0n) is 17.9. The fourth-order valence-corrected chi connectivity index (χ4v) is 6.28. The second-order valence-electron chi connectivity index (χ2n) is 8.75. The quantitative estimate of drug-likeness (QED) is 0.720. The number of carbonyl (C=O) groups excluding carboxylic acids is 1. The predicted molar refractivity (Wildman–Crippen MR) is 116 cm³/mol. The highest BCUT2D eigenvalue weighted by Gasteiger charge is 2.38. The van der Waals surface area contributed by atoms with E-state index in [0.29, 0.717) is 23.7 Å². The first-order valence-corrected chi connectivity index (χ1v) is 12.6. The zero-order valence-corrected chi connectivity index (χ0v) is 18.7. The molecular weight excluding hydrogens is 400 g/mol. The Morgan fingerprint density at radius 2 is 1.93 bits per heavy atom. The molecule has 30 heavy (non-hydrogen) atoms. The lowest BCUT2D eigenvalue weighted by atomic mass is 9.93. The van der Waals surface area contributed by atoms with Crippen LogP contribution < -0.4 is 10.1 Å². The molecule has 3 unspecified atom stereocenters. The lowest BCUT2D eigenvalue weighted by Crippen LogP contribution is -2.44. The van der Waals surface area contributed by atoms with Crippen molar-refractivity contribution in [2.45, 2.75) is 81.8 Å². The number of amides is 1. The molecule has 1 aromatic rings. The smallest absolute Gasteiger partial charge is 0.262 e. The molecule has 0 bridgehead atoms. The van der Waals surface area contributed by atoms with Crippen molar-refractivity contribution in [3.8, 4) is 5.75 Å². The number of benzene rings is 1. The van der Waals surface area contributed by atoms with Gasteiger partial charge in [-0.1, -0.05) is 25.0 Å². The summed E-state index contributed by atoms with van der Waals surface area (Å²) in [5.74, 6) is 0.256. The number of ether oxygens (including phenoxy) is 1. The lowest BCUT2D eigenvalue weighted by molar-refractivity contribution is -0.128. The first kappa shape index (κ1) is 21.4. The molecule has 0 saturated carbocycles. The van der Waals surface area contributed by atoms with E-state index in [9.17, 15) is 13.2 Å². The van der Waals surface area contributed by atoms with E-state index in [1.54, 1.807) is 22.5 Å². The Kier molecular flexibility index (Phi) is 6.21. The van der Waals surface area contributed by atoms with Crippen LogP contribution in [0.1, 0.15) is 70.3 Å². The van der Waals surface area contributed by atoms with E-state index in [1.807, 2.05) is 13.8 Å². The lowest BCUT2D eigenvalue weighted by Gasteiger charge is -2.26. The standard InChI is InChI=1S/C23H32N2O4S/c1-16-20-15-19(30(27,28)25-13-7-4-8-14-25)11-12-21(20)29-22(16)23(26)24-17(2)18-9-5-3-6-10-18/h9,11-12,15-17,22H,3-8,10,13-14H2,1-2H3,(H,24,26). The summed E-state index contributed by atoms with van der Waals surface area (Å²) in [5, 5.41) is 3.09. The number of sulfonamides is 1. The van der Waals surface area contributed by atoms with Gasteiger partial charge >= 0.3 is 0 Å². The molecular formula is C23H32N2O4S. The molecule has 3 aliphatic rings. The molecule has 1 amide bonds. The van der Waals surface area contributed by atoms with Crippen molar-refractivity contribution in [3.63, 3.8) is 0 Å². The third-order valence-corrected chi connectivity index (χ3v) is 8.53. The fourth-order valence-electron chi connectivity index (χ4n) is 4.73. The van der Waals surface area contributed by atoms with E-state index in [1.165, 1.54) is 18.4 Å². The summed E-state index contributed by atoms with van der Waals surface area (Å²) in [4.78, 5) is 13.2. The number of nitrogens with zero attached hydrogens (tertiary/aromatic N) is 1. The topological polar surface area (TPSA) is 75.7 Å². The maximum absolute atomic E-state index is 13.0. The Hall–Kier alpha value is -1.86. The van der Waals surface area contributed by atoms with Gasteiger partial charge in [0.1, 0.15) is 5.75 Å². The van der Waals surface area contributed by atoms with Gasteiger partial charge in [0.15, 0.2) is 6.10 Å². The van der Waals surface area contributed by atoms with Crippen LogP contribution in [-0.4, -0.2) is 43.9 Å². The van der Waals surface area contributed by atoms with Gasteiger partial charge in [-0.2, -0.15) is 4.31 Å². The van der Waals surface area contributed by atoms with Crippen molar-refractivity contribution < 1.29 is 17.9 Å². The largest absolute Gasteiger partial charge is 0.480 e. The minimum absolute atomic E-state index is 0.00708. The molecule has 1 aromatic carbocycles. The molecule has 4 rings (SSSR count). The third kappa shape index (κ3) is 4.14. The maximum atomic E-state index is 13.0. The molecule has 164 valence electrons. The first-order chi connectivity index (χ1) is 14.4. The first-order valence-electron chi connectivity index (χ1n) is 11.2. The van der Waals surface area contributed by atoms with Crippen LogP contribution in [0.5, 0.6) is 5.75 Å². The highest BCUT2D eigenvalue weighted by atomic mass is 32.2. The van der Waals surface area contributed by atoms with Gasteiger partial charge in [0.05, 0.1) is 4.90 Å². The molecule has 0 aromatic heterocycles. The van der Waals surface area contributed by atoms with Crippen LogP contribution in [0.25, 0.3) is 0 Å². The number of piperidine rings is 1. The Morgan fingerprint density at radius 3 is 2.63 bits per heavy atom. The van der Waals surface area contributed by atoms with E-state index in [-0.39, 0.29) is 17.9 Å². The normalized spacial score (nSPS) is 25.7. The van der Waals surface area contributed by atoms with Crippen LogP contribution in [0.15, 0.2) is 34.7 Å². The van der Waals surface area contributed by atoms with Crippen molar-refractivity contribution in [2.75, 3.05) is 13.1 Å². The van der Waals surface area contributed by atoms with Crippen molar-refractivity contribution in [3.05, 3.63) is 35.4 Å². The number of rotatable bonds is 5. The Bertz CT molecular complexity index is 935. The monoisotopic (exact) mass is 432 g/mol. The van der Waals surface area contributed by atoms with E-state index >= 15 is 0 Å². The Balaban J connectivity index is 1.48. The number of allylic oxidation sites excluding steroid dienone is 1. The average molecular weight is 433 g/mol. The third-order valence-electron chi connectivity index (χ3n) is 6.63. The van der Waals surface area contributed by atoms with Crippen LogP contribution in [0.3, 0.4) is 0 Å². The predicted octanol–water partition coefficient (Wildman–Crippen LogP) is 3.73. The van der Waals surface area contributed by atoms with Crippen molar-refractivity contribution >= 4 is 15.9 Å². The number of hydrogen-bond acceptors (Lipinski definition) is 4. The molecule has 6 nitrogen and oxygen atoms in total. The average Bonchev–Trinajstić information content (AvgIpc) is 3.11.